The van der Waals surface area contributed by atoms with E-state index in [4.69, 9.17) is 4.74 Å². The molecule has 0 atom stereocenters. The molecule has 6 nitrogen and oxygen atoms in total. The van der Waals surface area contributed by atoms with Crippen molar-refractivity contribution in [2.24, 2.45) is 0 Å². The number of halogens is 2. The maximum atomic E-state index is 13.6. The summed E-state index contributed by atoms with van der Waals surface area (Å²) >= 11 is 0. The van der Waals surface area contributed by atoms with Crippen molar-refractivity contribution >= 4 is 16.8 Å². The zero-order valence-electron chi connectivity index (χ0n) is 20.6. The molecule has 0 radical (unpaired) electrons. The number of ether oxygens (including phenoxy) is 1. The van der Waals surface area contributed by atoms with Crippen LogP contribution in [0.15, 0.2) is 42.5 Å². The Bertz CT molecular complexity index is 1160. The molecule has 0 spiro atoms. The molecule has 8 heteroatoms. The Morgan fingerprint density at radius 2 is 1.58 bits per heavy atom. The van der Waals surface area contributed by atoms with Crippen molar-refractivity contribution in [3.8, 4) is 11.5 Å². The fourth-order valence-corrected chi connectivity index (χ4v) is 5.26. The van der Waals surface area contributed by atoms with E-state index < -0.39 is 11.6 Å². The van der Waals surface area contributed by atoms with E-state index in [1.54, 1.807) is 18.2 Å². The first-order valence-corrected chi connectivity index (χ1v) is 13.0. The van der Waals surface area contributed by atoms with E-state index in [2.05, 4.69) is 20.1 Å². The number of aromatic nitrogens is 1. The summed E-state index contributed by atoms with van der Waals surface area (Å²) in [5, 5.41) is 3.84. The molecule has 2 aliphatic rings. The van der Waals surface area contributed by atoms with Crippen LogP contribution in [0.4, 0.5) is 8.78 Å². The number of rotatable bonds is 7. The molecule has 0 saturated carbocycles. The number of nitrogens with zero attached hydrogens (tertiary/aromatic N) is 2. The number of fused-ring (bicyclic) bond motifs is 1. The van der Waals surface area contributed by atoms with E-state index in [9.17, 15) is 13.6 Å². The fraction of sp³-hybridized carbons (Fsp3) is 0.464. The number of likely N-dealkylation sites (tertiary alicyclic amines) is 2. The lowest BCUT2D eigenvalue weighted by atomic mass is 10.0. The maximum Gasteiger partial charge on any atom is 0.267 e. The van der Waals surface area contributed by atoms with Crippen molar-refractivity contribution in [2.75, 3.05) is 39.3 Å². The average Bonchev–Trinajstić information content (AvgIpc) is 3.13. The topological polar surface area (TPSA) is 60.6 Å². The Hall–Kier alpha value is -2.97. The van der Waals surface area contributed by atoms with Gasteiger partial charge in [0.2, 0.25) is 0 Å². The summed E-state index contributed by atoms with van der Waals surface area (Å²) in [6, 6.07) is 10.2. The lowest BCUT2D eigenvalue weighted by Crippen LogP contribution is -2.46. The Morgan fingerprint density at radius 3 is 2.28 bits per heavy atom. The van der Waals surface area contributed by atoms with Gasteiger partial charge in [-0.05, 0) is 57.0 Å². The molecule has 36 heavy (non-hydrogen) atoms. The van der Waals surface area contributed by atoms with Crippen LogP contribution in [0.2, 0.25) is 0 Å². The molecular weight excluding hydrogens is 462 g/mol. The van der Waals surface area contributed by atoms with Gasteiger partial charge in [-0.1, -0.05) is 18.9 Å². The monoisotopic (exact) mass is 496 g/mol. The molecule has 2 saturated heterocycles. The van der Waals surface area contributed by atoms with Gasteiger partial charge in [-0.2, -0.15) is 0 Å². The van der Waals surface area contributed by atoms with Crippen molar-refractivity contribution in [1.29, 1.82) is 0 Å². The first-order valence-electron chi connectivity index (χ1n) is 13.0. The molecule has 3 aromatic rings. The zero-order chi connectivity index (χ0) is 24.9. The Kier molecular flexibility index (Phi) is 7.82. The van der Waals surface area contributed by atoms with Gasteiger partial charge >= 0.3 is 0 Å². The normalized spacial score (nSPS) is 18.3. The number of benzene rings is 2. The van der Waals surface area contributed by atoms with E-state index in [1.165, 1.54) is 38.8 Å². The van der Waals surface area contributed by atoms with E-state index in [1.807, 2.05) is 6.07 Å². The van der Waals surface area contributed by atoms with Crippen molar-refractivity contribution in [3.63, 3.8) is 0 Å². The first-order chi connectivity index (χ1) is 17.5. The van der Waals surface area contributed by atoms with Crippen LogP contribution in [0.25, 0.3) is 10.9 Å². The molecule has 3 heterocycles. The van der Waals surface area contributed by atoms with Crippen LogP contribution in [-0.4, -0.2) is 66.0 Å². The molecule has 0 unspecified atom stereocenters. The summed E-state index contributed by atoms with van der Waals surface area (Å²) in [6.45, 7) is 6.67. The van der Waals surface area contributed by atoms with Crippen molar-refractivity contribution in [3.05, 3.63) is 59.8 Å². The Balaban J connectivity index is 1.16. The largest absolute Gasteiger partial charge is 0.456 e. The molecule has 1 aromatic heterocycles. The molecule has 5 rings (SSSR count). The van der Waals surface area contributed by atoms with E-state index >= 15 is 0 Å². The smallest absolute Gasteiger partial charge is 0.267 e. The second kappa shape index (κ2) is 11.4. The predicted octanol–water partition coefficient (Wildman–Crippen LogP) is 5.31. The van der Waals surface area contributed by atoms with Gasteiger partial charge in [-0.25, -0.2) is 8.78 Å². The van der Waals surface area contributed by atoms with E-state index in [0.717, 1.165) is 62.7 Å². The van der Waals surface area contributed by atoms with Gasteiger partial charge in [0.05, 0.1) is 0 Å². The SMILES string of the molecule is O=C(NC1CCN(CCN2CCCCCC2)CC1)c1cc2c(Oc3cc(F)cc(F)c3)cccc2[nH]1. The van der Waals surface area contributed by atoms with Crippen molar-refractivity contribution < 1.29 is 18.3 Å². The molecule has 2 aliphatic heterocycles. The summed E-state index contributed by atoms with van der Waals surface area (Å²) < 4.78 is 32.9. The number of carbonyl (C=O) groups is 1. The molecule has 2 fully saturated rings. The van der Waals surface area contributed by atoms with Crippen LogP contribution < -0.4 is 10.1 Å². The number of nitrogens with one attached hydrogen (secondary N) is 2. The standard InChI is InChI=1S/C28H34F2N4O2/c29-20-16-21(30)18-23(17-20)36-27-7-5-6-25-24(27)19-26(32-25)28(35)31-22-8-12-34(13-9-22)15-14-33-10-3-1-2-4-11-33/h5-7,16-19,22,32H,1-4,8-15H2,(H,31,35). The van der Waals surface area contributed by atoms with E-state index in [-0.39, 0.29) is 17.7 Å². The van der Waals surface area contributed by atoms with Crippen LogP contribution in [0, 0.1) is 11.6 Å². The van der Waals surface area contributed by atoms with Gasteiger partial charge in [0.25, 0.3) is 5.91 Å². The first kappa shape index (κ1) is 24.7. The van der Waals surface area contributed by atoms with Gasteiger partial charge in [-0.15, -0.1) is 0 Å². The zero-order valence-corrected chi connectivity index (χ0v) is 20.6. The molecule has 192 valence electrons. The van der Waals surface area contributed by atoms with Crippen LogP contribution in [0.3, 0.4) is 0 Å². The Morgan fingerprint density at radius 1 is 0.917 bits per heavy atom. The second-order valence-electron chi connectivity index (χ2n) is 9.95. The third kappa shape index (κ3) is 6.23. The lowest BCUT2D eigenvalue weighted by molar-refractivity contribution is 0.0902. The summed E-state index contributed by atoms with van der Waals surface area (Å²) in [5.74, 6) is -1.09. The molecule has 2 N–H and O–H groups in total. The van der Waals surface area contributed by atoms with Gasteiger partial charge in [0.1, 0.15) is 28.8 Å². The minimum absolute atomic E-state index is 0.0646. The second-order valence-corrected chi connectivity index (χ2v) is 9.95. The van der Waals surface area contributed by atoms with Crippen LogP contribution in [-0.2, 0) is 0 Å². The van der Waals surface area contributed by atoms with Crippen molar-refractivity contribution in [1.82, 2.24) is 20.1 Å². The van der Waals surface area contributed by atoms with Crippen LogP contribution in [0.5, 0.6) is 11.5 Å². The van der Waals surface area contributed by atoms with Crippen molar-refractivity contribution in [2.45, 2.75) is 44.6 Å². The maximum absolute atomic E-state index is 13.6. The number of amides is 1. The van der Waals surface area contributed by atoms with E-state index in [0.29, 0.717) is 16.8 Å². The van der Waals surface area contributed by atoms with Gasteiger partial charge in [0.15, 0.2) is 0 Å². The summed E-state index contributed by atoms with van der Waals surface area (Å²) in [4.78, 5) is 21.2. The number of piperidine rings is 1. The number of hydrogen-bond donors (Lipinski definition) is 2. The molecule has 0 aliphatic carbocycles. The molecular formula is C28H34F2N4O2. The summed E-state index contributed by atoms with van der Waals surface area (Å²) in [7, 11) is 0. The Labute approximate surface area is 210 Å². The molecule has 1 amide bonds. The number of H-pyrrole nitrogens is 1. The molecule has 2 aromatic carbocycles. The predicted molar refractivity (Wildman–Crippen MR) is 137 cm³/mol. The van der Waals surface area contributed by atoms with Crippen LogP contribution >= 0.6 is 0 Å². The minimum Gasteiger partial charge on any atom is -0.456 e. The third-order valence-corrected chi connectivity index (χ3v) is 7.29. The quantitative estimate of drug-likeness (QED) is 0.466. The van der Waals surface area contributed by atoms with Crippen LogP contribution in [0.1, 0.15) is 49.0 Å². The minimum atomic E-state index is -0.709. The van der Waals surface area contributed by atoms with Gasteiger partial charge in [0, 0.05) is 61.3 Å². The highest BCUT2D eigenvalue weighted by molar-refractivity contribution is 5.99. The molecule has 0 bridgehead atoms. The highest BCUT2D eigenvalue weighted by atomic mass is 19.1. The number of hydrogen-bond acceptors (Lipinski definition) is 4. The number of carbonyl (C=O) groups excluding carboxylic acids is 1. The summed E-state index contributed by atoms with van der Waals surface area (Å²) in [5.41, 5.74) is 1.16. The number of aromatic amines is 1. The average molecular weight is 497 g/mol. The van der Waals surface area contributed by atoms with Gasteiger partial charge < -0.3 is 24.8 Å². The van der Waals surface area contributed by atoms with Gasteiger partial charge in [-0.3, -0.25) is 4.79 Å². The third-order valence-electron chi connectivity index (χ3n) is 7.29. The summed E-state index contributed by atoms with van der Waals surface area (Å²) in [6.07, 6.45) is 7.23. The highest BCUT2D eigenvalue weighted by Crippen LogP contribution is 2.31. The highest BCUT2D eigenvalue weighted by Gasteiger charge is 2.23. The lowest BCUT2D eigenvalue weighted by Gasteiger charge is -2.33. The fourth-order valence-electron chi connectivity index (χ4n) is 5.26.